The predicted molar refractivity (Wildman–Crippen MR) is 163 cm³/mol. The van der Waals surface area contributed by atoms with Gasteiger partial charge in [0.1, 0.15) is 6.04 Å². The molecule has 0 fully saturated rings. The van der Waals surface area contributed by atoms with Crippen molar-refractivity contribution < 1.29 is 23.5 Å². The number of hydrogen-bond donors (Lipinski definition) is 2. The second-order valence-electron chi connectivity index (χ2n) is 11.5. The van der Waals surface area contributed by atoms with Crippen LogP contribution in [0.25, 0.3) is 0 Å². The van der Waals surface area contributed by atoms with Crippen LogP contribution < -0.4 is 21.0 Å². The monoisotopic (exact) mass is 580 g/mol. The molecule has 0 aliphatic rings. The lowest BCUT2D eigenvalue weighted by molar-refractivity contribution is -0.151. The van der Waals surface area contributed by atoms with Crippen molar-refractivity contribution in [2.24, 2.45) is 0 Å². The normalized spacial score (nSPS) is 14.2. The van der Waals surface area contributed by atoms with Crippen molar-refractivity contribution in [3.63, 3.8) is 0 Å². The van der Waals surface area contributed by atoms with Gasteiger partial charge in [0.2, 0.25) is 6.41 Å². The molecule has 2 atom stereocenters. The maximum atomic E-state index is 13.3. The number of hydrogen-bond acceptors (Lipinski definition) is 6. The second kappa shape index (κ2) is 13.4. The van der Waals surface area contributed by atoms with Crippen molar-refractivity contribution in [1.29, 1.82) is 0 Å². The molecular formula is C31H40N2O5SSi. The summed E-state index contributed by atoms with van der Waals surface area (Å²) >= 11 is 1.33. The summed E-state index contributed by atoms with van der Waals surface area (Å²) < 4.78 is 12.6. The number of benzene rings is 2. The topological polar surface area (TPSA) is 93.7 Å². The van der Waals surface area contributed by atoms with E-state index < -0.39 is 25.9 Å². The van der Waals surface area contributed by atoms with Crippen molar-refractivity contribution >= 4 is 48.3 Å². The molecule has 9 heteroatoms. The van der Waals surface area contributed by atoms with E-state index in [0.717, 1.165) is 10.4 Å². The molecule has 0 aliphatic heterocycles. The SMILES string of the molecule is CC(C)OC(=O)[C@H](C[C@@](C)(CO[Si](c1ccccc1)(c1ccccc1)C(C)(C)C)NC(=O)c1cccs1)NC=O. The molecule has 214 valence electrons. The quantitative estimate of drug-likeness (QED) is 0.179. The molecule has 0 saturated carbocycles. The molecule has 0 saturated heterocycles. The fourth-order valence-corrected chi connectivity index (χ4v) is 10.3. The zero-order chi connectivity index (χ0) is 29.4. The molecule has 2 N–H and O–H groups in total. The van der Waals surface area contributed by atoms with E-state index in [2.05, 4.69) is 55.7 Å². The molecule has 0 spiro atoms. The van der Waals surface area contributed by atoms with Crippen molar-refractivity contribution in [1.82, 2.24) is 10.6 Å². The first-order chi connectivity index (χ1) is 18.9. The van der Waals surface area contributed by atoms with Gasteiger partial charge in [0.25, 0.3) is 14.2 Å². The number of amides is 2. The number of esters is 1. The summed E-state index contributed by atoms with van der Waals surface area (Å²) in [5.41, 5.74) is -1.04. The predicted octanol–water partition coefficient (Wildman–Crippen LogP) is 4.27. The highest BCUT2D eigenvalue weighted by Crippen LogP contribution is 2.37. The molecule has 0 unspecified atom stereocenters. The van der Waals surface area contributed by atoms with Gasteiger partial charge in [-0.3, -0.25) is 9.59 Å². The molecule has 7 nitrogen and oxygen atoms in total. The smallest absolute Gasteiger partial charge is 0.328 e. The molecule has 3 rings (SSSR count). The van der Waals surface area contributed by atoms with E-state index in [1.165, 1.54) is 11.3 Å². The summed E-state index contributed by atoms with van der Waals surface area (Å²) in [5.74, 6) is -0.838. The van der Waals surface area contributed by atoms with Gasteiger partial charge in [-0.05, 0) is 47.6 Å². The molecular weight excluding hydrogens is 541 g/mol. The molecule has 40 heavy (non-hydrogen) atoms. The average molecular weight is 581 g/mol. The summed E-state index contributed by atoms with van der Waals surface area (Å²) in [6.45, 7) is 12.0. The maximum absolute atomic E-state index is 13.3. The van der Waals surface area contributed by atoms with Crippen LogP contribution >= 0.6 is 11.3 Å². The summed E-state index contributed by atoms with van der Waals surface area (Å²) in [6.07, 6.45) is 0.201. The summed E-state index contributed by atoms with van der Waals surface area (Å²) in [6, 6.07) is 23.0. The van der Waals surface area contributed by atoms with Crippen molar-refractivity contribution in [2.45, 2.75) is 70.7 Å². The van der Waals surface area contributed by atoms with E-state index in [-0.39, 0.29) is 30.1 Å². The van der Waals surface area contributed by atoms with Gasteiger partial charge in [-0.15, -0.1) is 11.3 Å². The molecule has 0 bridgehead atoms. The maximum Gasteiger partial charge on any atom is 0.328 e. The first-order valence-electron chi connectivity index (χ1n) is 13.4. The molecule has 1 heterocycles. The van der Waals surface area contributed by atoms with E-state index in [1.807, 2.05) is 54.8 Å². The van der Waals surface area contributed by atoms with Crippen molar-refractivity contribution in [3.05, 3.63) is 83.1 Å². The fourth-order valence-electron chi connectivity index (χ4n) is 4.98. The second-order valence-corrected chi connectivity index (χ2v) is 16.7. The molecule has 0 radical (unpaired) electrons. The zero-order valence-electron chi connectivity index (χ0n) is 24.1. The largest absolute Gasteiger partial charge is 0.461 e. The van der Waals surface area contributed by atoms with Gasteiger partial charge >= 0.3 is 5.97 Å². The Balaban J connectivity index is 2.07. The standard InChI is InChI=1S/C31H40N2O5SSi/c1-23(2)38-29(36)26(32-22-34)20-31(6,33-28(35)27-18-13-19-39-27)21-37-40(30(3,4)5,24-14-9-7-10-15-24)25-16-11-8-12-17-25/h7-19,22-23,26H,20-21H2,1-6H3,(H,32,34)(H,33,35)/t26-,31-/m0/s1. The zero-order valence-corrected chi connectivity index (χ0v) is 25.9. The van der Waals surface area contributed by atoms with Crippen LogP contribution in [0.3, 0.4) is 0 Å². The van der Waals surface area contributed by atoms with Crippen molar-refractivity contribution in [3.8, 4) is 0 Å². The van der Waals surface area contributed by atoms with Crippen LogP contribution in [0.5, 0.6) is 0 Å². The summed E-state index contributed by atoms with van der Waals surface area (Å²) in [5, 5.41) is 9.47. The van der Waals surface area contributed by atoms with E-state index in [9.17, 15) is 14.4 Å². The van der Waals surface area contributed by atoms with Gasteiger partial charge in [0.15, 0.2) is 0 Å². The Labute approximate surface area is 242 Å². The highest BCUT2D eigenvalue weighted by Gasteiger charge is 2.51. The Bertz CT molecular complexity index is 1210. The van der Waals surface area contributed by atoms with E-state index in [1.54, 1.807) is 19.9 Å². The first-order valence-corrected chi connectivity index (χ1v) is 16.2. The molecule has 0 aliphatic carbocycles. The van der Waals surface area contributed by atoms with Crippen LogP contribution in [0.15, 0.2) is 78.2 Å². The third-order valence-electron chi connectivity index (χ3n) is 6.74. The van der Waals surface area contributed by atoms with Crippen LogP contribution in [0, 0.1) is 0 Å². The van der Waals surface area contributed by atoms with Crippen LogP contribution in [-0.4, -0.2) is 50.9 Å². The van der Waals surface area contributed by atoms with Gasteiger partial charge < -0.3 is 19.8 Å². The fraction of sp³-hybridized carbons (Fsp3) is 0.387. The Morgan fingerprint density at radius 3 is 1.95 bits per heavy atom. The first kappa shape index (κ1) is 31.3. The number of nitrogens with one attached hydrogen (secondary N) is 2. The lowest BCUT2D eigenvalue weighted by atomic mass is 9.93. The summed E-state index contributed by atoms with van der Waals surface area (Å²) in [7, 11) is -2.95. The van der Waals surface area contributed by atoms with Crippen LogP contribution in [-0.2, 0) is 18.8 Å². The Morgan fingerprint density at radius 2 is 1.50 bits per heavy atom. The minimum atomic E-state index is -2.95. The Morgan fingerprint density at radius 1 is 0.925 bits per heavy atom. The van der Waals surface area contributed by atoms with E-state index in [0.29, 0.717) is 11.3 Å². The van der Waals surface area contributed by atoms with Crippen LogP contribution in [0.2, 0.25) is 5.04 Å². The lowest BCUT2D eigenvalue weighted by Gasteiger charge is -2.45. The minimum Gasteiger partial charge on any atom is -0.461 e. The van der Waals surface area contributed by atoms with E-state index >= 15 is 0 Å². The molecule has 3 aromatic rings. The molecule has 1 aromatic heterocycles. The van der Waals surface area contributed by atoms with Crippen LogP contribution in [0.4, 0.5) is 0 Å². The highest BCUT2D eigenvalue weighted by atomic mass is 32.1. The lowest BCUT2D eigenvalue weighted by Crippen LogP contribution is -2.68. The summed E-state index contributed by atoms with van der Waals surface area (Å²) in [4.78, 5) is 38.3. The Hall–Kier alpha value is -3.27. The van der Waals surface area contributed by atoms with Gasteiger partial charge in [0.05, 0.1) is 23.1 Å². The number of carbonyl (C=O) groups is 3. The Kier molecular flexibility index (Phi) is 10.5. The number of ether oxygens (including phenoxy) is 1. The molecule has 2 amide bonds. The van der Waals surface area contributed by atoms with Gasteiger partial charge in [-0.25, -0.2) is 4.79 Å². The third kappa shape index (κ3) is 7.47. The van der Waals surface area contributed by atoms with Gasteiger partial charge in [0, 0.05) is 6.42 Å². The highest BCUT2D eigenvalue weighted by molar-refractivity contribution is 7.12. The number of thiophene rings is 1. The van der Waals surface area contributed by atoms with E-state index in [4.69, 9.17) is 9.16 Å². The van der Waals surface area contributed by atoms with Gasteiger partial charge in [-0.2, -0.15) is 0 Å². The minimum absolute atomic E-state index is 0.0760. The van der Waals surface area contributed by atoms with Gasteiger partial charge in [-0.1, -0.05) is 87.5 Å². The third-order valence-corrected chi connectivity index (χ3v) is 12.6. The number of rotatable bonds is 13. The average Bonchev–Trinajstić information content (AvgIpc) is 3.44. The van der Waals surface area contributed by atoms with Crippen LogP contribution in [0.1, 0.15) is 57.6 Å². The number of carbonyl (C=O) groups excluding carboxylic acids is 3. The van der Waals surface area contributed by atoms with Crippen molar-refractivity contribution in [2.75, 3.05) is 6.61 Å². The molecule has 2 aromatic carbocycles.